The molecule has 4 nitrogen and oxygen atoms in total. The van der Waals surface area contributed by atoms with Gasteiger partial charge in [0.2, 0.25) is 0 Å². The van der Waals surface area contributed by atoms with Gasteiger partial charge in [-0.2, -0.15) is 0 Å². The predicted molar refractivity (Wildman–Crippen MR) is 216 cm³/mol. The molecule has 0 spiro atoms. The predicted octanol–water partition coefficient (Wildman–Crippen LogP) is 9.64. The van der Waals surface area contributed by atoms with Gasteiger partial charge in [0, 0.05) is 49.8 Å². The molecule has 0 radical (unpaired) electrons. The summed E-state index contributed by atoms with van der Waals surface area (Å²) in [5.74, 6) is 3.29. The van der Waals surface area contributed by atoms with Crippen molar-refractivity contribution in [1.29, 1.82) is 0 Å². The molecular weight excluding hydrogens is 609 g/mol. The second-order valence-electron chi connectivity index (χ2n) is 13.6. The lowest BCUT2D eigenvalue weighted by molar-refractivity contribution is 0.290. The molecule has 3 atom stereocenters. The fourth-order valence-electron chi connectivity index (χ4n) is 6.82. The summed E-state index contributed by atoms with van der Waals surface area (Å²) >= 11 is 0. The minimum atomic E-state index is 0.0410. The van der Waals surface area contributed by atoms with Crippen LogP contribution in [0.15, 0.2) is 138 Å². The monoisotopic (exact) mass is 666 g/mol. The maximum Gasteiger partial charge on any atom is 0.0848 e. The summed E-state index contributed by atoms with van der Waals surface area (Å²) in [7, 11) is 2.08. The fraction of sp³-hybridized carbons (Fsp3) is 0.348. The number of rotatable bonds is 12. The van der Waals surface area contributed by atoms with Gasteiger partial charge in [0.25, 0.3) is 0 Å². The van der Waals surface area contributed by atoms with Gasteiger partial charge < -0.3 is 20.4 Å². The number of nitrogens with one attached hydrogen (secondary N) is 2. The SMILES string of the molecule is C#C.C#CC1C(=C)C(C)=C1N1CCc2ccc(CNC(=C)C(=C)/C=C(/C(=C)NC3CCC/C(C)=C(C=C)\C=C/C3C)N(C)/C(C)=C\C)cc2C1. The van der Waals surface area contributed by atoms with E-state index in [4.69, 9.17) is 6.42 Å². The molecule has 0 saturated heterocycles. The molecule has 0 aromatic heterocycles. The molecule has 0 bridgehead atoms. The van der Waals surface area contributed by atoms with E-state index in [2.05, 4.69) is 156 Å². The molecule has 2 aliphatic carbocycles. The Labute approximate surface area is 304 Å². The Morgan fingerprint density at radius 3 is 2.50 bits per heavy atom. The van der Waals surface area contributed by atoms with E-state index in [1.807, 2.05) is 6.08 Å². The molecule has 2 N–H and O–H groups in total. The molecule has 1 aromatic rings. The van der Waals surface area contributed by atoms with E-state index in [0.717, 1.165) is 72.7 Å². The summed E-state index contributed by atoms with van der Waals surface area (Å²) in [6.45, 7) is 34.8. The first-order valence-corrected chi connectivity index (χ1v) is 17.6. The van der Waals surface area contributed by atoms with E-state index in [9.17, 15) is 0 Å². The van der Waals surface area contributed by atoms with E-state index in [-0.39, 0.29) is 12.0 Å². The lowest BCUT2D eigenvalue weighted by atomic mass is 9.77. The van der Waals surface area contributed by atoms with Crippen molar-refractivity contribution >= 4 is 0 Å². The minimum absolute atomic E-state index is 0.0410. The minimum Gasteiger partial charge on any atom is -0.381 e. The second kappa shape index (κ2) is 18.1. The van der Waals surface area contributed by atoms with Crippen LogP contribution in [-0.2, 0) is 19.5 Å². The Morgan fingerprint density at radius 2 is 1.84 bits per heavy atom. The van der Waals surface area contributed by atoms with Crippen molar-refractivity contribution in [2.24, 2.45) is 11.8 Å². The van der Waals surface area contributed by atoms with Crippen LogP contribution in [0.2, 0.25) is 0 Å². The molecule has 0 fully saturated rings. The third-order valence-corrected chi connectivity index (χ3v) is 10.5. The second-order valence-corrected chi connectivity index (χ2v) is 13.6. The van der Waals surface area contributed by atoms with Crippen molar-refractivity contribution < 1.29 is 0 Å². The van der Waals surface area contributed by atoms with Gasteiger partial charge in [0.1, 0.15) is 0 Å². The van der Waals surface area contributed by atoms with E-state index in [1.165, 1.54) is 39.1 Å². The zero-order valence-corrected chi connectivity index (χ0v) is 31.5. The third kappa shape index (κ3) is 9.13. The van der Waals surface area contributed by atoms with Crippen LogP contribution < -0.4 is 10.6 Å². The molecule has 4 rings (SSSR count). The van der Waals surface area contributed by atoms with Crippen LogP contribution in [0.4, 0.5) is 0 Å². The molecule has 1 heterocycles. The molecule has 4 heteroatoms. The van der Waals surface area contributed by atoms with Crippen LogP contribution in [0.25, 0.3) is 0 Å². The standard InChI is InChI=1S/C44H56N4.C2H2/c1-13-32(7)47(12)43(36(11)46-42-18-16-17-29(4)38(14-2)21-19-30(42)5)25-31(6)35(10)45-27-37-20-22-39-23-24-48(28-40(39)26-37)44-34(9)33(8)41(44)15-3;1-2/h3,13-14,19-22,25-26,30,41-42,45-46H,2,6,8,10-11,16-18,23-24,27-28H2,1,4-5,7,9,12H3;1-2H/b21-19-,32-13-,38-29-,43-25-;. The molecule has 262 valence electrons. The molecule has 0 amide bonds. The van der Waals surface area contributed by atoms with E-state index < -0.39 is 0 Å². The number of hydrogen-bond donors (Lipinski definition) is 2. The van der Waals surface area contributed by atoms with Gasteiger partial charge >= 0.3 is 0 Å². The van der Waals surface area contributed by atoms with Gasteiger partial charge in [-0.3, -0.25) is 0 Å². The number of allylic oxidation sites excluding steroid dienone is 9. The number of benzene rings is 1. The van der Waals surface area contributed by atoms with Crippen LogP contribution >= 0.6 is 0 Å². The zero-order chi connectivity index (χ0) is 37.1. The summed E-state index contributed by atoms with van der Waals surface area (Å²) in [6, 6.07) is 7.06. The topological polar surface area (TPSA) is 30.5 Å². The van der Waals surface area contributed by atoms with Crippen molar-refractivity contribution in [3.8, 4) is 25.2 Å². The molecule has 0 saturated carbocycles. The Bertz CT molecular complexity index is 1730. The van der Waals surface area contributed by atoms with Crippen LogP contribution in [0.3, 0.4) is 0 Å². The van der Waals surface area contributed by atoms with E-state index in [1.54, 1.807) is 0 Å². The number of likely N-dealkylation sites (N-methyl/N-ethyl adjacent to an activating group) is 1. The summed E-state index contributed by atoms with van der Waals surface area (Å²) in [5.41, 5.74) is 14.8. The average Bonchev–Trinajstić information content (AvgIpc) is 3.19. The quantitative estimate of drug-likeness (QED) is 0.172. The molecule has 1 aromatic carbocycles. The molecule has 3 aliphatic rings. The van der Waals surface area contributed by atoms with Gasteiger partial charge in [-0.1, -0.05) is 93.8 Å². The van der Waals surface area contributed by atoms with Crippen molar-refractivity contribution in [2.45, 2.75) is 79.4 Å². The average molecular weight is 667 g/mol. The van der Waals surface area contributed by atoms with Gasteiger partial charge in [-0.25, -0.2) is 0 Å². The first-order chi connectivity index (χ1) is 23.9. The lowest BCUT2D eigenvalue weighted by Gasteiger charge is -2.42. The van der Waals surface area contributed by atoms with Crippen molar-refractivity contribution in [2.75, 3.05) is 13.6 Å². The summed E-state index contributed by atoms with van der Waals surface area (Å²) in [5, 5.41) is 7.33. The smallest absolute Gasteiger partial charge is 0.0848 e. The Hall–Kier alpha value is -5.06. The van der Waals surface area contributed by atoms with Gasteiger partial charge in [0.15, 0.2) is 0 Å². The van der Waals surface area contributed by atoms with Crippen molar-refractivity contribution in [3.05, 3.63) is 155 Å². The highest BCUT2D eigenvalue weighted by Gasteiger charge is 2.34. The molecule has 3 unspecified atom stereocenters. The summed E-state index contributed by atoms with van der Waals surface area (Å²) in [6.07, 6.45) is 28.7. The number of terminal acetylenes is 2. The maximum atomic E-state index is 5.84. The van der Waals surface area contributed by atoms with Gasteiger partial charge in [-0.15, -0.1) is 19.3 Å². The number of nitrogens with zero attached hydrogens (tertiary/aromatic N) is 2. The first kappa shape index (κ1) is 39.4. The number of fused-ring (bicyclic) bond motifs is 1. The van der Waals surface area contributed by atoms with Crippen molar-refractivity contribution in [1.82, 2.24) is 20.4 Å². The number of hydrogen-bond acceptors (Lipinski definition) is 4. The third-order valence-electron chi connectivity index (χ3n) is 10.5. The first-order valence-electron chi connectivity index (χ1n) is 17.6. The highest BCUT2D eigenvalue weighted by molar-refractivity contribution is 5.54. The van der Waals surface area contributed by atoms with E-state index >= 15 is 0 Å². The zero-order valence-electron chi connectivity index (χ0n) is 31.5. The lowest BCUT2D eigenvalue weighted by Crippen LogP contribution is -2.38. The summed E-state index contributed by atoms with van der Waals surface area (Å²) < 4.78 is 0. The normalized spacial score (nSPS) is 22.9. The largest absolute Gasteiger partial charge is 0.381 e. The fourth-order valence-corrected chi connectivity index (χ4v) is 6.82. The summed E-state index contributed by atoms with van der Waals surface area (Å²) in [4.78, 5) is 4.61. The maximum absolute atomic E-state index is 5.84. The molecule has 1 aliphatic heterocycles. The molecular formula is C46H58N4. The van der Waals surface area contributed by atoms with Crippen LogP contribution in [0, 0.1) is 37.0 Å². The Morgan fingerprint density at radius 1 is 1.12 bits per heavy atom. The highest BCUT2D eigenvalue weighted by Crippen LogP contribution is 2.42. The van der Waals surface area contributed by atoms with E-state index in [0.29, 0.717) is 12.5 Å². The van der Waals surface area contributed by atoms with Crippen LogP contribution in [0.1, 0.15) is 70.6 Å². The van der Waals surface area contributed by atoms with Crippen LogP contribution in [0.5, 0.6) is 0 Å². The van der Waals surface area contributed by atoms with Gasteiger partial charge in [0.05, 0.1) is 17.3 Å². The van der Waals surface area contributed by atoms with Gasteiger partial charge in [-0.05, 0) is 104 Å². The van der Waals surface area contributed by atoms with Crippen LogP contribution in [-0.4, -0.2) is 29.4 Å². The Kier molecular flexibility index (Phi) is 14.2. The Balaban J connectivity index is 0.00000332. The van der Waals surface area contributed by atoms with Crippen molar-refractivity contribution in [3.63, 3.8) is 0 Å². The molecule has 50 heavy (non-hydrogen) atoms. The highest BCUT2D eigenvalue weighted by atomic mass is 15.2.